The fraction of sp³-hybridized carbons (Fsp3) is 0.562. The number of ether oxygens (including phenoxy) is 2. The van der Waals surface area contributed by atoms with Crippen LogP contribution in [0.3, 0.4) is 0 Å². The number of methoxy groups -OCH3 is 2. The Bertz CT molecular complexity index is 572. The molecule has 0 spiro atoms. The van der Waals surface area contributed by atoms with Gasteiger partial charge < -0.3 is 14.6 Å². The molecule has 1 aromatic carbocycles. The monoisotopic (exact) mass is 314 g/mol. The molecule has 22 heavy (non-hydrogen) atoms. The summed E-state index contributed by atoms with van der Waals surface area (Å²) in [5, 5.41) is 9.71. The molecule has 0 heterocycles. The maximum Gasteiger partial charge on any atom is 0.314 e. The zero-order valence-electron chi connectivity index (χ0n) is 12.9. The summed E-state index contributed by atoms with van der Waals surface area (Å²) in [6.45, 7) is 0.778. The predicted octanol–water partition coefficient (Wildman–Crippen LogP) is 3.71. The first-order chi connectivity index (χ1) is 10.3. The van der Waals surface area contributed by atoms with Crippen LogP contribution >= 0.6 is 0 Å². The van der Waals surface area contributed by atoms with E-state index in [2.05, 4.69) is 0 Å². The van der Waals surface area contributed by atoms with Gasteiger partial charge in [0, 0.05) is 18.1 Å². The van der Waals surface area contributed by atoms with E-state index < -0.39 is 17.3 Å². The maximum atomic E-state index is 13.8. The highest BCUT2D eigenvalue weighted by Crippen LogP contribution is 2.49. The number of carboxylic acids is 1. The van der Waals surface area contributed by atoms with Crippen molar-refractivity contribution < 1.29 is 28.2 Å². The Balaban J connectivity index is 2.74. The molecule has 4 nitrogen and oxygen atoms in total. The number of benzene rings is 1. The van der Waals surface area contributed by atoms with Crippen LogP contribution in [0.2, 0.25) is 0 Å². The van der Waals surface area contributed by atoms with Crippen LogP contribution in [0.1, 0.15) is 43.7 Å². The largest absolute Gasteiger partial charge is 0.493 e. The fourth-order valence-corrected chi connectivity index (χ4v) is 3.15. The van der Waals surface area contributed by atoms with Crippen LogP contribution in [-0.4, -0.2) is 25.3 Å². The van der Waals surface area contributed by atoms with Gasteiger partial charge in [-0.15, -0.1) is 0 Å². The van der Waals surface area contributed by atoms with Gasteiger partial charge in [0.15, 0.2) is 11.5 Å². The highest BCUT2D eigenvalue weighted by atomic mass is 19.3. The van der Waals surface area contributed by atoms with Crippen molar-refractivity contribution in [3.05, 3.63) is 23.3 Å². The molecular weight excluding hydrogens is 294 g/mol. The minimum absolute atomic E-state index is 0.129. The van der Waals surface area contributed by atoms with E-state index in [1.807, 2.05) is 0 Å². The van der Waals surface area contributed by atoms with Crippen molar-refractivity contribution in [3.8, 4) is 11.5 Å². The minimum atomic E-state index is -3.09. The third-order valence-electron chi connectivity index (χ3n) is 4.37. The second-order valence-corrected chi connectivity index (χ2v) is 5.74. The first kappa shape index (κ1) is 16.5. The molecule has 0 aliphatic heterocycles. The minimum Gasteiger partial charge on any atom is -0.493 e. The van der Waals surface area contributed by atoms with Crippen LogP contribution in [-0.2, 0) is 16.1 Å². The Labute approximate surface area is 128 Å². The van der Waals surface area contributed by atoms with Gasteiger partial charge in [-0.05, 0) is 25.0 Å². The van der Waals surface area contributed by atoms with Crippen molar-refractivity contribution in [1.82, 2.24) is 0 Å². The molecule has 0 atom stereocenters. The fourth-order valence-electron chi connectivity index (χ4n) is 3.15. The quantitative estimate of drug-likeness (QED) is 0.900. The van der Waals surface area contributed by atoms with Gasteiger partial charge in [0.2, 0.25) is 0 Å². The number of aliphatic carboxylic acids is 1. The standard InChI is InChI=1S/C16H20F2O4/c1-15(17,18)10-8-11(13(22-3)12(9-10)21-2)16(14(19)20)6-4-5-7-16/h8-9H,4-7H2,1-3H3,(H,19,20). The first-order valence-corrected chi connectivity index (χ1v) is 7.14. The second kappa shape index (κ2) is 5.74. The molecule has 1 fully saturated rings. The SMILES string of the molecule is COc1cc(C(C)(F)F)cc(C2(C(=O)O)CCCC2)c1OC. The van der Waals surface area contributed by atoms with Crippen LogP contribution in [0.15, 0.2) is 12.1 Å². The number of carbonyl (C=O) groups is 1. The van der Waals surface area contributed by atoms with Crippen molar-refractivity contribution in [2.24, 2.45) is 0 Å². The van der Waals surface area contributed by atoms with Gasteiger partial charge in [0.25, 0.3) is 5.92 Å². The normalized spacial score (nSPS) is 17.3. The Morgan fingerprint density at radius 3 is 2.23 bits per heavy atom. The average Bonchev–Trinajstić information content (AvgIpc) is 2.95. The smallest absolute Gasteiger partial charge is 0.314 e. The van der Waals surface area contributed by atoms with Gasteiger partial charge in [-0.3, -0.25) is 4.79 Å². The topological polar surface area (TPSA) is 55.8 Å². The zero-order valence-corrected chi connectivity index (χ0v) is 12.9. The Morgan fingerprint density at radius 1 is 1.23 bits per heavy atom. The van der Waals surface area contributed by atoms with Gasteiger partial charge in [0.05, 0.1) is 19.6 Å². The highest BCUT2D eigenvalue weighted by Gasteiger charge is 2.46. The number of rotatable bonds is 5. The van der Waals surface area contributed by atoms with E-state index in [9.17, 15) is 18.7 Å². The lowest BCUT2D eigenvalue weighted by Gasteiger charge is -2.28. The van der Waals surface area contributed by atoms with Gasteiger partial charge in [-0.2, -0.15) is 0 Å². The summed E-state index contributed by atoms with van der Waals surface area (Å²) in [5.41, 5.74) is -1.19. The molecule has 0 amide bonds. The van der Waals surface area contributed by atoms with Crippen LogP contribution in [0, 0.1) is 0 Å². The average molecular weight is 314 g/mol. The van der Waals surface area contributed by atoms with Gasteiger partial charge in [-0.1, -0.05) is 12.8 Å². The van der Waals surface area contributed by atoms with E-state index in [1.165, 1.54) is 26.4 Å². The van der Waals surface area contributed by atoms with Crippen molar-refractivity contribution >= 4 is 5.97 Å². The predicted molar refractivity (Wildman–Crippen MR) is 76.9 cm³/mol. The molecule has 1 saturated carbocycles. The van der Waals surface area contributed by atoms with Crippen LogP contribution in [0.4, 0.5) is 8.78 Å². The van der Waals surface area contributed by atoms with Gasteiger partial charge >= 0.3 is 5.97 Å². The van der Waals surface area contributed by atoms with E-state index in [0.717, 1.165) is 19.8 Å². The lowest BCUT2D eigenvalue weighted by molar-refractivity contribution is -0.143. The molecule has 6 heteroatoms. The van der Waals surface area contributed by atoms with Crippen LogP contribution in [0.25, 0.3) is 0 Å². The van der Waals surface area contributed by atoms with Crippen molar-refractivity contribution in [3.63, 3.8) is 0 Å². The van der Waals surface area contributed by atoms with E-state index >= 15 is 0 Å². The molecule has 1 aliphatic carbocycles. The lowest BCUT2D eigenvalue weighted by Crippen LogP contribution is -2.33. The summed E-state index contributed by atoms with van der Waals surface area (Å²) < 4.78 is 37.9. The Morgan fingerprint density at radius 2 is 1.82 bits per heavy atom. The zero-order chi connectivity index (χ0) is 16.5. The molecule has 1 N–H and O–H groups in total. The molecule has 1 aliphatic rings. The summed E-state index contributed by atoms with van der Waals surface area (Å²) >= 11 is 0. The molecule has 1 aromatic rings. The third kappa shape index (κ3) is 2.62. The van der Waals surface area contributed by atoms with Crippen molar-refractivity contribution in [1.29, 1.82) is 0 Å². The molecular formula is C16H20F2O4. The molecule has 2 rings (SSSR count). The highest BCUT2D eigenvalue weighted by molar-refractivity contribution is 5.83. The number of alkyl halides is 2. The summed E-state index contributed by atoms with van der Waals surface area (Å²) in [5.74, 6) is -3.75. The van der Waals surface area contributed by atoms with E-state index in [0.29, 0.717) is 12.8 Å². The third-order valence-corrected chi connectivity index (χ3v) is 4.37. The van der Waals surface area contributed by atoms with Gasteiger partial charge in [-0.25, -0.2) is 8.78 Å². The maximum absolute atomic E-state index is 13.8. The molecule has 122 valence electrons. The molecule has 0 radical (unpaired) electrons. The molecule has 0 bridgehead atoms. The van der Waals surface area contributed by atoms with Crippen LogP contribution in [0.5, 0.6) is 11.5 Å². The van der Waals surface area contributed by atoms with Gasteiger partial charge in [0.1, 0.15) is 0 Å². The summed E-state index contributed by atoms with van der Waals surface area (Å²) in [6.07, 6.45) is 2.29. The second-order valence-electron chi connectivity index (χ2n) is 5.74. The van der Waals surface area contributed by atoms with Crippen LogP contribution < -0.4 is 9.47 Å². The van der Waals surface area contributed by atoms with Crippen molar-refractivity contribution in [2.45, 2.75) is 43.9 Å². The van der Waals surface area contributed by atoms with E-state index in [1.54, 1.807) is 0 Å². The number of hydrogen-bond donors (Lipinski definition) is 1. The molecule has 0 aromatic heterocycles. The number of halogens is 2. The molecule has 0 unspecified atom stereocenters. The molecule has 0 saturated heterocycles. The van der Waals surface area contributed by atoms with Crippen molar-refractivity contribution in [2.75, 3.05) is 14.2 Å². The summed E-state index contributed by atoms with van der Waals surface area (Å²) in [7, 11) is 2.73. The summed E-state index contributed by atoms with van der Waals surface area (Å²) in [4.78, 5) is 11.9. The summed E-state index contributed by atoms with van der Waals surface area (Å²) in [6, 6.07) is 2.45. The first-order valence-electron chi connectivity index (χ1n) is 7.14. The Kier molecular flexibility index (Phi) is 4.31. The lowest BCUT2D eigenvalue weighted by atomic mass is 9.77. The number of hydrogen-bond acceptors (Lipinski definition) is 3. The van der Waals surface area contributed by atoms with E-state index in [4.69, 9.17) is 9.47 Å². The Hall–Kier alpha value is -1.85. The number of carboxylic acid groups (broad SMARTS) is 1. The van der Waals surface area contributed by atoms with E-state index in [-0.39, 0.29) is 22.6 Å².